The van der Waals surface area contributed by atoms with Crippen LogP contribution in [0, 0.1) is 13.8 Å². The van der Waals surface area contributed by atoms with Gasteiger partial charge in [-0.25, -0.2) is 4.99 Å². The fourth-order valence-electron chi connectivity index (χ4n) is 5.03. The zero-order chi connectivity index (χ0) is 22.9. The molecule has 2 aliphatic heterocycles. The standard InChI is InChI=1S/C28H34N4O/c1-17(2)33-27-16-26(31-25(27)15-24-18(3)14-19(4)30-24)28-22(12-11-20-8-7-13-29-20)21-9-5-6-10-23(21)32-28/h5-6,9-10,14-17,20,29-30,32H,7-8,11-13H2,1-4H3. The molecular formula is C28H34N4O. The number of para-hydroxylation sites is 1. The van der Waals surface area contributed by atoms with Crippen molar-refractivity contribution in [3.8, 4) is 0 Å². The summed E-state index contributed by atoms with van der Waals surface area (Å²) >= 11 is 0. The number of allylic oxidation sites excluding steroid dienone is 1. The lowest BCUT2D eigenvalue weighted by atomic mass is 9.99. The first-order valence-corrected chi connectivity index (χ1v) is 12.2. The molecule has 0 saturated carbocycles. The van der Waals surface area contributed by atoms with Crippen LogP contribution < -0.4 is 5.32 Å². The van der Waals surface area contributed by atoms with E-state index in [1.165, 1.54) is 29.4 Å². The third-order valence-corrected chi connectivity index (χ3v) is 6.57. The lowest BCUT2D eigenvalue weighted by Crippen LogP contribution is -2.21. The Kier molecular flexibility index (Phi) is 5.98. The number of ether oxygens (including phenoxy) is 1. The number of hydrogen-bond donors (Lipinski definition) is 3. The molecule has 5 heteroatoms. The first-order chi connectivity index (χ1) is 16.0. The van der Waals surface area contributed by atoms with Crippen molar-refractivity contribution >= 4 is 22.7 Å². The number of rotatable bonds is 7. The Balaban J connectivity index is 1.55. The Morgan fingerprint density at radius 3 is 2.76 bits per heavy atom. The van der Waals surface area contributed by atoms with E-state index in [1.807, 2.05) is 0 Å². The van der Waals surface area contributed by atoms with Gasteiger partial charge in [0, 0.05) is 34.4 Å². The minimum atomic E-state index is 0.0799. The van der Waals surface area contributed by atoms with Gasteiger partial charge in [-0.1, -0.05) is 18.2 Å². The molecule has 1 atom stereocenters. The number of aromatic nitrogens is 2. The number of nitrogens with one attached hydrogen (secondary N) is 3. The van der Waals surface area contributed by atoms with Crippen LogP contribution in [0.2, 0.25) is 0 Å². The molecule has 0 aliphatic carbocycles. The third-order valence-electron chi connectivity index (χ3n) is 6.57. The second kappa shape index (κ2) is 9.06. The average Bonchev–Trinajstić information content (AvgIpc) is 3.54. The molecule has 33 heavy (non-hydrogen) atoms. The van der Waals surface area contributed by atoms with Crippen molar-refractivity contribution in [1.82, 2.24) is 15.3 Å². The number of benzene rings is 1. The molecule has 0 radical (unpaired) electrons. The summed E-state index contributed by atoms with van der Waals surface area (Å²) in [7, 11) is 0. The largest absolute Gasteiger partial charge is 0.489 e. The molecule has 1 fully saturated rings. The quantitative estimate of drug-likeness (QED) is 0.423. The van der Waals surface area contributed by atoms with E-state index in [0.29, 0.717) is 6.04 Å². The van der Waals surface area contributed by atoms with Gasteiger partial charge < -0.3 is 20.0 Å². The van der Waals surface area contributed by atoms with Gasteiger partial charge in [0.1, 0.15) is 11.5 Å². The van der Waals surface area contributed by atoms with Crippen LogP contribution in [0.15, 0.2) is 52.9 Å². The maximum absolute atomic E-state index is 6.19. The van der Waals surface area contributed by atoms with Gasteiger partial charge in [-0.05, 0) is 89.3 Å². The van der Waals surface area contributed by atoms with E-state index in [-0.39, 0.29) is 6.10 Å². The topological polar surface area (TPSA) is 65.2 Å². The lowest BCUT2D eigenvalue weighted by molar-refractivity contribution is 0.155. The van der Waals surface area contributed by atoms with Crippen molar-refractivity contribution in [1.29, 1.82) is 0 Å². The fourth-order valence-corrected chi connectivity index (χ4v) is 5.03. The summed E-state index contributed by atoms with van der Waals surface area (Å²) < 4.78 is 6.19. The Morgan fingerprint density at radius 2 is 2.03 bits per heavy atom. The molecular weight excluding hydrogens is 408 g/mol. The summed E-state index contributed by atoms with van der Waals surface area (Å²) in [4.78, 5) is 12.2. The molecule has 5 nitrogen and oxygen atoms in total. The van der Waals surface area contributed by atoms with Crippen molar-refractivity contribution in [3.05, 3.63) is 76.1 Å². The van der Waals surface area contributed by atoms with E-state index >= 15 is 0 Å². The molecule has 172 valence electrons. The molecule has 3 N–H and O–H groups in total. The number of H-pyrrole nitrogens is 2. The summed E-state index contributed by atoms with van der Waals surface area (Å²) in [6.07, 6.45) is 9.00. The molecule has 1 saturated heterocycles. The fraction of sp³-hybridized carbons (Fsp3) is 0.393. The van der Waals surface area contributed by atoms with Crippen molar-refractivity contribution in [2.45, 2.75) is 65.5 Å². The summed E-state index contributed by atoms with van der Waals surface area (Å²) in [5, 5.41) is 4.93. The van der Waals surface area contributed by atoms with E-state index in [4.69, 9.17) is 9.73 Å². The van der Waals surface area contributed by atoms with Crippen LogP contribution in [0.4, 0.5) is 0 Å². The van der Waals surface area contributed by atoms with Crippen LogP contribution in [-0.4, -0.2) is 34.4 Å². The van der Waals surface area contributed by atoms with Crippen LogP contribution >= 0.6 is 0 Å². The highest BCUT2D eigenvalue weighted by atomic mass is 16.5. The van der Waals surface area contributed by atoms with E-state index in [9.17, 15) is 0 Å². The minimum absolute atomic E-state index is 0.0799. The Labute approximate surface area is 196 Å². The highest BCUT2D eigenvalue weighted by Crippen LogP contribution is 2.31. The number of aliphatic imine (C=N–C) groups is 1. The van der Waals surface area contributed by atoms with Crippen molar-refractivity contribution in [3.63, 3.8) is 0 Å². The van der Waals surface area contributed by atoms with Gasteiger partial charge in [-0.2, -0.15) is 0 Å². The molecule has 3 aromatic rings. The van der Waals surface area contributed by atoms with Crippen LogP contribution in [0.1, 0.15) is 61.3 Å². The predicted octanol–water partition coefficient (Wildman–Crippen LogP) is 5.95. The van der Waals surface area contributed by atoms with E-state index in [1.54, 1.807) is 0 Å². The van der Waals surface area contributed by atoms with Gasteiger partial charge in [0.05, 0.1) is 17.5 Å². The summed E-state index contributed by atoms with van der Waals surface area (Å²) in [5.74, 6) is 0.828. The molecule has 0 spiro atoms. The molecule has 5 rings (SSSR count). The first kappa shape index (κ1) is 21.8. The summed E-state index contributed by atoms with van der Waals surface area (Å²) in [6.45, 7) is 9.46. The highest BCUT2D eigenvalue weighted by molar-refractivity contribution is 6.14. The third kappa shape index (κ3) is 4.55. The molecule has 4 heterocycles. The van der Waals surface area contributed by atoms with Crippen LogP contribution in [0.5, 0.6) is 0 Å². The smallest absolute Gasteiger partial charge is 0.147 e. The van der Waals surface area contributed by atoms with Crippen molar-refractivity contribution < 1.29 is 4.74 Å². The second-order valence-corrected chi connectivity index (χ2v) is 9.61. The van der Waals surface area contributed by atoms with Crippen LogP contribution in [0.25, 0.3) is 17.0 Å². The summed E-state index contributed by atoms with van der Waals surface area (Å²) in [5.41, 5.74) is 8.88. The van der Waals surface area contributed by atoms with Gasteiger partial charge >= 0.3 is 0 Å². The normalized spacial score (nSPS) is 19.7. The van der Waals surface area contributed by atoms with E-state index in [2.05, 4.69) is 85.5 Å². The zero-order valence-electron chi connectivity index (χ0n) is 20.1. The Morgan fingerprint density at radius 1 is 1.18 bits per heavy atom. The van der Waals surface area contributed by atoms with Crippen LogP contribution in [0.3, 0.4) is 0 Å². The molecule has 2 aliphatic rings. The number of fused-ring (bicyclic) bond motifs is 1. The van der Waals surface area contributed by atoms with Crippen molar-refractivity contribution in [2.75, 3.05) is 6.54 Å². The first-order valence-electron chi connectivity index (χ1n) is 12.2. The van der Waals surface area contributed by atoms with E-state index in [0.717, 1.165) is 59.2 Å². The minimum Gasteiger partial charge on any atom is -0.489 e. The molecule has 2 aromatic heterocycles. The van der Waals surface area contributed by atoms with Gasteiger partial charge in [0.2, 0.25) is 0 Å². The summed E-state index contributed by atoms with van der Waals surface area (Å²) in [6, 6.07) is 11.4. The number of nitrogens with zero attached hydrogens (tertiary/aromatic N) is 1. The molecule has 1 unspecified atom stereocenters. The Bertz CT molecular complexity index is 1250. The van der Waals surface area contributed by atoms with Crippen molar-refractivity contribution in [2.24, 2.45) is 4.99 Å². The molecule has 0 bridgehead atoms. The number of aryl methyl sites for hydroxylation is 3. The highest BCUT2D eigenvalue weighted by Gasteiger charge is 2.24. The Hall–Kier alpha value is -3.05. The van der Waals surface area contributed by atoms with Gasteiger partial charge in [0.25, 0.3) is 0 Å². The maximum atomic E-state index is 6.19. The number of aromatic amines is 2. The number of hydrogen-bond acceptors (Lipinski definition) is 3. The maximum Gasteiger partial charge on any atom is 0.147 e. The van der Waals surface area contributed by atoms with Crippen LogP contribution in [-0.2, 0) is 11.2 Å². The van der Waals surface area contributed by atoms with Gasteiger partial charge in [0.15, 0.2) is 0 Å². The average molecular weight is 443 g/mol. The second-order valence-electron chi connectivity index (χ2n) is 9.61. The van der Waals surface area contributed by atoms with Gasteiger partial charge in [-0.3, -0.25) is 0 Å². The van der Waals surface area contributed by atoms with Gasteiger partial charge in [-0.15, -0.1) is 0 Å². The lowest BCUT2D eigenvalue weighted by Gasteiger charge is -2.11. The molecule has 0 amide bonds. The zero-order valence-corrected chi connectivity index (χ0v) is 20.1. The SMILES string of the molecule is Cc1cc(C)c(C=C2N=C(c3[nH]c4ccccc4c3CCC3CCCN3)C=C2OC(C)C)[nH]1. The molecule has 1 aromatic carbocycles. The predicted molar refractivity (Wildman–Crippen MR) is 137 cm³/mol. The monoisotopic (exact) mass is 442 g/mol. The van der Waals surface area contributed by atoms with E-state index < -0.39 is 0 Å².